The van der Waals surface area contributed by atoms with E-state index in [9.17, 15) is 14.0 Å². The van der Waals surface area contributed by atoms with Crippen LogP contribution in [0.15, 0.2) is 67.4 Å². The second kappa shape index (κ2) is 16.8. The number of benzene rings is 2. The Labute approximate surface area is 247 Å². The highest BCUT2D eigenvalue weighted by molar-refractivity contribution is 6.26. The van der Waals surface area contributed by atoms with E-state index in [1.807, 2.05) is 13.8 Å². The molecule has 1 saturated heterocycles. The zero-order chi connectivity index (χ0) is 30.3. The minimum atomic E-state index is -0.550. The van der Waals surface area contributed by atoms with E-state index in [-0.39, 0.29) is 11.6 Å². The highest BCUT2D eigenvalue weighted by atomic mass is 19.1. The minimum absolute atomic E-state index is 0.119. The van der Waals surface area contributed by atoms with Crippen LogP contribution >= 0.6 is 0 Å². The molecule has 0 amide bonds. The van der Waals surface area contributed by atoms with E-state index >= 15 is 0 Å². The molecule has 0 radical (unpaired) electrons. The van der Waals surface area contributed by atoms with Gasteiger partial charge < -0.3 is 15.2 Å². The van der Waals surface area contributed by atoms with E-state index in [2.05, 4.69) is 87.6 Å². The van der Waals surface area contributed by atoms with Crippen LogP contribution in [0.25, 0.3) is 11.1 Å². The smallest absolute Gasteiger partial charge is 0.207 e. The first-order valence-electron chi connectivity index (χ1n) is 14.6. The molecule has 1 fully saturated rings. The normalized spacial score (nSPS) is 14.1. The highest BCUT2D eigenvalue weighted by Crippen LogP contribution is 2.27. The van der Waals surface area contributed by atoms with Gasteiger partial charge in [0.15, 0.2) is 23.7 Å². The Bertz CT molecular complexity index is 1390. The van der Waals surface area contributed by atoms with Crippen LogP contribution in [0, 0.1) is 18.7 Å². The lowest BCUT2D eigenvalue weighted by Crippen LogP contribution is -2.40. The van der Waals surface area contributed by atoms with Gasteiger partial charge in [-0.1, -0.05) is 69.3 Å². The van der Waals surface area contributed by atoms with Crippen LogP contribution in [0.1, 0.15) is 50.4 Å². The molecule has 1 unspecified atom stereocenters. The summed E-state index contributed by atoms with van der Waals surface area (Å²) in [6, 6.07) is 17.3. The van der Waals surface area contributed by atoms with Crippen molar-refractivity contribution in [1.82, 2.24) is 19.9 Å². The molecule has 5 rings (SSSR count). The van der Waals surface area contributed by atoms with E-state index in [0.717, 1.165) is 12.1 Å². The summed E-state index contributed by atoms with van der Waals surface area (Å²) < 4.78 is 14.7. The Balaban J connectivity index is 0.000000243. The highest BCUT2D eigenvalue weighted by Gasteiger charge is 2.28. The zero-order valence-corrected chi connectivity index (χ0v) is 24.9. The van der Waals surface area contributed by atoms with E-state index in [1.165, 1.54) is 28.6 Å². The lowest BCUT2D eigenvalue weighted by atomic mass is 9.94. The number of halogens is 1. The van der Waals surface area contributed by atoms with Crippen molar-refractivity contribution in [3.05, 3.63) is 90.0 Å². The van der Waals surface area contributed by atoms with Crippen LogP contribution in [0.3, 0.4) is 0 Å². The molecule has 1 atom stereocenters. The van der Waals surface area contributed by atoms with Gasteiger partial charge in [-0.2, -0.15) is 4.39 Å². The number of aryl methyl sites for hydroxylation is 2. The van der Waals surface area contributed by atoms with E-state index < -0.39 is 17.5 Å². The van der Waals surface area contributed by atoms with E-state index in [0.29, 0.717) is 45.2 Å². The maximum absolute atomic E-state index is 14.7. The number of carbonyl (C=O) groups is 2. The average Bonchev–Trinajstić information content (AvgIpc) is 3.57. The number of carbonyl (C=O) groups excluding carboxylic acids is 2. The van der Waals surface area contributed by atoms with E-state index in [1.54, 1.807) is 17.4 Å². The van der Waals surface area contributed by atoms with Crippen LogP contribution in [0.2, 0.25) is 0 Å². The summed E-state index contributed by atoms with van der Waals surface area (Å²) in [4.78, 5) is 38.9. The largest absolute Gasteiger partial charge is 0.367 e. The topological polar surface area (TPSA) is 104 Å². The monoisotopic (exact) mass is 572 g/mol. The van der Waals surface area contributed by atoms with Gasteiger partial charge in [0.25, 0.3) is 0 Å². The fraction of sp³-hybridized carbons (Fsp3) is 0.364. The summed E-state index contributed by atoms with van der Waals surface area (Å²) in [6.45, 7) is 9.71. The minimum Gasteiger partial charge on any atom is -0.367 e. The molecule has 8 nitrogen and oxygen atoms in total. The average molecular weight is 573 g/mol. The van der Waals surface area contributed by atoms with Crippen molar-refractivity contribution in [3.63, 3.8) is 0 Å². The second-order valence-electron chi connectivity index (χ2n) is 9.78. The van der Waals surface area contributed by atoms with Crippen molar-refractivity contribution < 1.29 is 14.0 Å². The number of aromatic nitrogens is 4. The summed E-state index contributed by atoms with van der Waals surface area (Å²) in [6.07, 6.45) is 8.03. The number of piperidine rings is 1. The van der Waals surface area contributed by atoms with Gasteiger partial charge in [0.2, 0.25) is 5.82 Å². The number of H-pyrrole nitrogens is 1. The molecule has 42 heavy (non-hydrogen) atoms. The molecule has 0 aliphatic carbocycles. The first kappa shape index (κ1) is 32.1. The summed E-state index contributed by atoms with van der Waals surface area (Å²) in [7, 11) is 0. The molecule has 2 aromatic carbocycles. The SMILES string of the molecule is CC.CCc1ccc(-c2ccccc2C)cc1.O=CC(=O)C1CCCN(c2ncnc(NCCc3cnc[nH]3)c2F)C1. The Morgan fingerprint density at radius 2 is 1.90 bits per heavy atom. The third kappa shape index (κ3) is 8.80. The first-order chi connectivity index (χ1) is 20.5. The molecule has 222 valence electrons. The van der Waals surface area contributed by atoms with Crippen molar-refractivity contribution in [3.8, 4) is 11.1 Å². The van der Waals surface area contributed by atoms with Gasteiger partial charge in [-0.3, -0.25) is 9.59 Å². The number of ketones is 1. The standard InChI is InChI=1S/C16H19FN6O2.C15H16.C2H6/c17-14-15(19-4-3-12-6-18-9-20-12)21-10-22-16(14)23-5-1-2-11(7-23)13(25)8-24;1-3-13-8-10-14(11-9-13)15-7-5-4-6-12(15)2;1-2/h6,8-11H,1-5,7H2,(H,18,20)(H,19,21,22);4-11H,3H2,1-2H3;1-2H3. The number of hydrogen-bond acceptors (Lipinski definition) is 7. The van der Waals surface area contributed by atoms with Crippen molar-refractivity contribution in [2.45, 2.75) is 53.4 Å². The molecule has 0 saturated carbocycles. The fourth-order valence-corrected chi connectivity index (χ4v) is 4.76. The number of nitrogens with zero attached hydrogens (tertiary/aromatic N) is 4. The summed E-state index contributed by atoms with van der Waals surface area (Å²) in [5.74, 6) is -1.13. The van der Waals surface area contributed by atoms with Gasteiger partial charge in [0.1, 0.15) is 6.33 Å². The zero-order valence-electron chi connectivity index (χ0n) is 24.9. The van der Waals surface area contributed by atoms with Crippen LogP contribution in [0.5, 0.6) is 0 Å². The molecular formula is C33H41FN6O2. The van der Waals surface area contributed by atoms with Gasteiger partial charge in [-0.15, -0.1) is 0 Å². The molecule has 3 heterocycles. The Morgan fingerprint density at radius 1 is 1.14 bits per heavy atom. The Kier molecular flexibility index (Phi) is 12.8. The Hall–Kier alpha value is -4.40. The maximum atomic E-state index is 14.7. The van der Waals surface area contributed by atoms with Crippen LogP contribution < -0.4 is 10.2 Å². The molecule has 4 aromatic rings. The summed E-state index contributed by atoms with van der Waals surface area (Å²) in [5, 5.41) is 2.95. The lowest BCUT2D eigenvalue weighted by molar-refractivity contribution is -0.132. The van der Waals surface area contributed by atoms with Crippen LogP contribution in [-0.2, 0) is 22.4 Å². The summed E-state index contributed by atoms with van der Waals surface area (Å²) >= 11 is 0. The second-order valence-corrected chi connectivity index (χ2v) is 9.78. The predicted molar refractivity (Wildman–Crippen MR) is 166 cm³/mol. The number of aldehydes is 1. The van der Waals surface area contributed by atoms with Gasteiger partial charge in [0.05, 0.1) is 6.33 Å². The Morgan fingerprint density at radius 3 is 2.57 bits per heavy atom. The van der Waals surface area contributed by atoms with Crippen molar-refractivity contribution in [1.29, 1.82) is 0 Å². The van der Waals surface area contributed by atoms with Gasteiger partial charge in [0, 0.05) is 43.9 Å². The number of rotatable bonds is 9. The number of anilines is 2. The molecule has 9 heteroatoms. The number of Topliss-reactive ketones (excluding diaryl/α,β-unsaturated/α-hetero) is 1. The number of imidazole rings is 1. The number of hydrogen-bond donors (Lipinski definition) is 2. The van der Waals surface area contributed by atoms with Crippen molar-refractivity contribution in [2.24, 2.45) is 5.92 Å². The third-order valence-corrected chi connectivity index (χ3v) is 7.07. The molecule has 0 bridgehead atoms. The van der Waals surface area contributed by atoms with Crippen molar-refractivity contribution in [2.75, 3.05) is 29.9 Å². The van der Waals surface area contributed by atoms with Gasteiger partial charge >= 0.3 is 0 Å². The predicted octanol–water partition coefficient (Wildman–Crippen LogP) is 6.23. The van der Waals surface area contributed by atoms with Gasteiger partial charge in [-0.25, -0.2) is 15.0 Å². The molecule has 0 spiro atoms. The molecular weight excluding hydrogens is 531 g/mol. The van der Waals surface area contributed by atoms with Crippen molar-refractivity contribution >= 4 is 23.7 Å². The number of aromatic amines is 1. The summed E-state index contributed by atoms with van der Waals surface area (Å²) in [5.41, 5.74) is 6.31. The maximum Gasteiger partial charge on any atom is 0.207 e. The van der Waals surface area contributed by atoms with Gasteiger partial charge in [-0.05, 0) is 48.4 Å². The third-order valence-electron chi connectivity index (χ3n) is 7.07. The quantitative estimate of drug-likeness (QED) is 0.181. The van der Waals surface area contributed by atoms with Crippen LogP contribution in [-0.4, -0.2) is 51.6 Å². The van der Waals surface area contributed by atoms with E-state index in [4.69, 9.17) is 0 Å². The fourth-order valence-electron chi connectivity index (χ4n) is 4.76. The van der Waals surface area contributed by atoms with Crippen LogP contribution in [0.4, 0.5) is 16.0 Å². The lowest BCUT2D eigenvalue weighted by Gasteiger charge is -2.32. The molecule has 1 aliphatic heterocycles. The first-order valence-corrected chi connectivity index (χ1v) is 14.6. The number of nitrogens with one attached hydrogen (secondary N) is 2. The molecule has 2 aromatic heterocycles. The molecule has 2 N–H and O–H groups in total. The molecule has 1 aliphatic rings.